The van der Waals surface area contributed by atoms with Crippen molar-refractivity contribution in [1.82, 2.24) is 15.6 Å². The van der Waals surface area contributed by atoms with Gasteiger partial charge >= 0.3 is 0 Å². The second-order valence-electron chi connectivity index (χ2n) is 6.68. The van der Waals surface area contributed by atoms with Crippen molar-refractivity contribution in [3.8, 4) is 0 Å². The first-order valence-corrected chi connectivity index (χ1v) is 7.49. The molecule has 2 aromatic rings. The third-order valence-corrected chi connectivity index (χ3v) is 4.69. The van der Waals surface area contributed by atoms with Gasteiger partial charge in [0.05, 0.1) is 0 Å². The molecule has 0 unspecified atom stereocenters. The zero-order valence-electron chi connectivity index (χ0n) is 12.8. The minimum absolute atomic E-state index is 0.0697. The molecule has 1 saturated carbocycles. The molecule has 1 aliphatic carbocycles. The molecule has 0 aliphatic heterocycles. The minimum atomic E-state index is -0.0697. The van der Waals surface area contributed by atoms with Crippen LogP contribution < -0.4 is 5.32 Å². The van der Waals surface area contributed by atoms with E-state index < -0.39 is 0 Å². The normalized spacial score (nSPS) is 18.8. The van der Waals surface area contributed by atoms with Crippen LogP contribution in [-0.2, 0) is 0 Å². The van der Waals surface area contributed by atoms with E-state index in [0.29, 0.717) is 16.9 Å². The molecule has 112 valence electrons. The standard InChI is InChI=1S/C16H21N3O2/c1-16(2)8-6-10(7-9-16)13-11(15(20)17-3)4-5-12-14(13)19-21-18-12/h4-5,10H,6-9H2,1-3H3,(H,17,20). The third kappa shape index (κ3) is 2.52. The van der Waals surface area contributed by atoms with Crippen LogP contribution in [0.25, 0.3) is 11.0 Å². The van der Waals surface area contributed by atoms with Crippen molar-refractivity contribution in [3.63, 3.8) is 0 Å². The Labute approximate surface area is 124 Å². The van der Waals surface area contributed by atoms with E-state index in [-0.39, 0.29) is 5.91 Å². The summed E-state index contributed by atoms with van der Waals surface area (Å²) < 4.78 is 4.87. The van der Waals surface area contributed by atoms with Gasteiger partial charge in [0.1, 0.15) is 11.0 Å². The summed E-state index contributed by atoms with van der Waals surface area (Å²) in [7, 11) is 1.65. The molecule has 5 heteroatoms. The first-order valence-electron chi connectivity index (χ1n) is 7.49. The number of hydrogen-bond acceptors (Lipinski definition) is 4. The van der Waals surface area contributed by atoms with Gasteiger partial charge in [-0.15, -0.1) is 0 Å². The summed E-state index contributed by atoms with van der Waals surface area (Å²) in [6.07, 6.45) is 4.46. The Morgan fingerprint density at radius 2 is 2.00 bits per heavy atom. The molecule has 3 rings (SSSR count). The topological polar surface area (TPSA) is 68.0 Å². The minimum Gasteiger partial charge on any atom is -0.355 e. The van der Waals surface area contributed by atoms with E-state index in [9.17, 15) is 4.79 Å². The first-order chi connectivity index (χ1) is 10.0. The third-order valence-electron chi connectivity index (χ3n) is 4.69. The summed E-state index contributed by atoms with van der Waals surface area (Å²) >= 11 is 0. The zero-order chi connectivity index (χ0) is 15.0. The number of benzene rings is 1. The summed E-state index contributed by atoms with van der Waals surface area (Å²) in [6.45, 7) is 4.61. The van der Waals surface area contributed by atoms with E-state index in [4.69, 9.17) is 4.63 Å². The number of fused-ring (bicyclic) bond motifs is 1. The van der Waals surface area contributed by atoms with Gasteiger partial charge in [-0.05, 0) is 65.0 Å². The van der Waals surface area contributed by atoms with Crippen molar-refractivity contribution in [3.05, 3.63) is 23.3 Å². The van der Waals surface area contributed by atoms with E-state index in [2.05, 4.69) is 29.5 Å². The van der Waals surface area contributed by atoms with E-state index in [0.717, 1.165) is 42.3 Å². The second-order valence-corrected chi connectivity index (χ2v) is 6.68. The van der Waals surface area contributed by atoms with Crippen molar-refractivity contribution in [1.29, 1.82) is 0 Å². The number of nitrogens with one attached hydrogen (secondary N) is 1. The Morgan fingerprint density at radius 3 is 2.67 bits per heavy atom. The second kappa shape index (κ2) is 5.13. The molecule has 0 atom stereocenters. The van der Waals surface area contributed by atoms with Gasteiger partial charge in [0, 0.05) is 12.6 Å². The van der Waals surface area contributed by atoms with E-state index in [1.54, 1.807) is 13.1 Å². The first kappa shape index (κ1) is 14.0. The van der Waals surface area contributed by atoms with Crippen LogP contribution in [0, 0.1) is 5.41 Å². The Bertz CT molecular complexity index is 665. The number of hydrogen-bond donors (Lipinski definition) is 1. The summed E-state index contributed by atoms with van der Waals surface area (Å²) in [5.41, 5.74) is 3.55. The maximum absolute atomic E-state index is 12.2. The molecule has 21 heavy (non-hydrogen) atoms. The number of aromatic nitrogens is 2. The fourth-order valence-electron chi connectivity index (χ4n) is 3.31. The van der Waals surface area contributed by atoms with E-state index >= 15 is 0 Å². The molecule has 5 nitrogen and oxygen atoms in total. The maximum Gasteiger partial charge on any atom is 0.251 e. The number of carbonyl (C=O) groups excluding carboxylic acids is 1. The highest BCUT2D eigenvalue weighted by molar-refractivity contribution is 6.00. The molecular weight excluding hydrogens is 266 g/mol. The van der Waals surface area contributed by atoms with E-state index in [1.807, 2.05) is 6.07 Å². The number of nitrogens with zero attached hydrogens (tertiary/aromatic N) is 2. The van der Waals surface area contributed by atoms with Crippen LogP contribution in [0.4, 0.5) is 0 Å². The van der Waals surface area contributed by atoms with Gasteiger partial charge in [-0.1, -0.05) is 13.8 Å². The van der Waals surface area contributed by atoms with Crippen LogP contribution in [0.1, 0.15) is 61.4 Å². The predicted molar refractivity (Wildman–Crippen MR) is 80.2 cm³/mol. The molecule has 1 aromatic heterocycles. The van der Waals surface area contributed by atoms with Gasteiger partial charge in [0.25, 0.3) is 5.91 Å². The Morgan fingerprint density at radius 1 is 1.29 bits per heavy atom. The van der Waals surface area contributed by atoms with Gasteiger partial charge in [-0.2, -0.15) is 0 Å². The smallest absolute Gasteiger partial charge is 0.251 e. The van der Waals surface area contributed by atoms with Crippen molar-refractivity contribution >= 4 is 16.9 Å². The lowest BCUT2D eigenvalue weighted by molar-refractivity contribution is 0.0961. The molecule has 1 amide bonds. The molecule has 1 aromatic carbocycles. The predicted octanol–water partition coefficient (Wildman–Crippen LogP) is 3.27. The van der Waals surface area contributed by atoms with Crippen LogP contribution in [0.3, 0.4) is 0 Å². The van der Waals surface area contributed by atoms with Gasteiger partial charge in [0.2, 0.25) is 0 Å². The molecule has 0 bridgehead atoms. The maximum atomic E-state index is 12.2. The van der Waals surface area contributed by atoms with Crippen LogP contribution in [0.15, 0.2) is 16.8 Å². The van der Waals surface area contributed by atoms with E-state index in [1.165, 1.54) is 0 Å². The zero-order valence-corrected chi connectivity index (χ0v) is 12.8. The fraction of sp³-hybridized carbons (Fsp3) is 0.562. The van der Waals surface area contributed by atoms with Gasteiger partial charge in [0.15, 0.2) is 0 Å². The summed E-state index contributed by atoms with van der Waals surface area (Å²) in [4.78, 5) is 12.2. The number of amides is 1. The highest BCUT2D eigenvalue weighted by Gasteiger charge is 2.31. The number of carbonyl (C=O) groups is 1. The monoisotopic (exact) mass is 287 g/mol. The lowest BCUT2D eigenvalue weighted by atomic mass is 9.70. The average molecular weight is 287 g/mol. The Kier molecular flexibility index (Phi) is 3.43. The number of rotatable bonds is 2. The Balaban J connectivity index is 2.06. The fourth-order valence-corrected chi connectivity index (χ4v) is 3.31. The Hall–Kier alpha value is -1.91. The van der Waals surface area contributed by atoms with Gasteiger partial charge in [-0.25, -0.2) is 4.63 Å². The molecule has 1 aliphatic rings. The van der Waals surface area contributed by atoms with Crippen molar-refractivity contribution < 1.29 is 9.42 Å². The van der Waals surface area contributed by atoms with Crippen LogP contribution >= 0.6 is 0 Å². The lowest BCUT2D eigenvalue weighted by Gasteiger charge is -2.35. The van der Waals surface area contributed by atoms with Crippen molar-refractivity contribution in [2.75, 3.05) is 7.05 Å². The summed E-state index contributed by atoms with van der Waals surface area (Å²) in [5, 5.41) is 10.7. The molecule has 0 spiro atoms. The summed E-state index contributed by atoms with van der Waals surface area (Å²) in [5.74, 6) is 0.278. The molecule has 0 saturated heterocycles. The molecule has 1 fully saturated rings. The largest absolute Gasteiger partial charge is 0.355 e. The molecular formula is C16H21N3O2. The quantitative estimate of drug-likeness (QED) is 0.920. The van der Waals surface area contributed by atoms with Gasteiger partial charge in [-0.3, -0.25) is 4.79 Å². The molecule has 1 N–H and O–H groups in total. The highest BCUT2D eigenvalue weighted by atomic mass is 16.6. The SMILES string of the molecule is CNC(=O)c1ccc2nonc2c1C1CCC(C)(C)CC1. The average Bonchev–Trinajstić information content (AvgIpc) is 2.94. The summed E-state index contributed by atoms with van der Waals surface area (Å²) in [6, 6.07) is 3.63. The van der Waals surface area contributed by atoms with Crippen LogP contribution in [-0.4, -0.2) is 23.3 Å². The van der Waals surface area contributed by atoms with Crippen molar-refractivity contribution in [2.45, 2.75) is 45.4 Å². The van der Waals surface area contributed by atoms with Crippen LogP contribution in [0.2, 0.25) is 0 Å². The lowest BCUT2D eigenvalue weighted by Crippen LogP contribution is -2.24. The molecule has 0 radical (unpaired) electrons. The van der Waals surface area contributed by atoms with Gasteiger partial charge < -0.3 is 5.32 Å². The van der Waals surface area contributed by atoms with Crippen molar-refractivity contribution in [2.24, 2.45) is 5.41 Å². The molecule has 1 heterocycles. The van der Waals surface area contributed by atoms with Crippen LogP contribution in [0.5, 0.6) is 0 Å². The highest BCUT2D eigenvalue weighted by Crippen LogP contribution is 2.44.